The van der Waals surface area contributed by atoms with Crippen LogP contribution in [0.25, 0.3) is 0 Å². The summed E-state index contributed by atoms with van der Waals surface area (Å²) in [5.74, 6) is -0.178. The first-order chi connectivity index (χ1) is 3.31. The van der Waals surface area contributed by atoms with Crippen molar-refractivity contribution in [2.24, 2.45) is 0 Å². The maximum Gasteiger partial charge on any atom is 0.155 e. The Balaban J connectivity index is 3.00. The van der Waals surface area contributed by atoms with Crippen molar-refractivity contribution in [1.82, 2.24) is 0 Å². The van der Waals surface area contributed by atoms with Crippen LogP contribution in [0.15, 0.2) is 0 Å². The monoisotopic (exact) mass is 89.1 g/mol. The molecule has 2 heteroatoms. The summed E-state index contributed by atoms with van der Waals surface area (Å²) in [6.07, 6.45) is 0. The van der Waals surface area contributed by atoms with Crippen LogP contribution in [0.5, 0.6) is 0 Å². The zero-order chi connectivity index (χ0) is 5.70. The van der Waals surface area contributed by atoms with E-state index in [9.17, 15) is 4.79 Å². The first-order valence-corrected chi connectivity index (χ1v) is 1.61. The van der Waals surface area contributed by atoms with Crippen molar-refractivity contribution >= 4 is 5.78 Å². The summed E-state index contributed by atoms with van der Waals surface area (Å²) in [5, 5.41) is 0. The second kappa shape index (κ2) is 2.85. The van der Waals surface area contributed by atoms with Crippen molar-refractivity contribution in [3.8, 4) is 0 Å². The molecule has 0 aliphatic carbocycles. The van der Waals surface area contributed by atoms with E-state index in [0.29, 0.717) is 0 Å². The van der Waals surface area contributed by atoms with Crippen LogP contribution in [0.4, 0.5) is 0 Å². The molecule has 0 saturated heterocycles. The van der Waals surface area contributed by atoms with Gasteiger partial charge >= 0.3 is 0 Å². The van der Waals surface area contributed by atoms with Crippen LogP contribution in [-0.4, -0.2) is 19.5 Å². The third kappa shape index (κ3) is 3.63. The van der Waals surface area contributed by atoms with Gasteiger partial charge in [0.05, 0.1) is 0 Å². The number of Topliss-reactive ketones (excluding diaryl/α,β-unsaturated/α-hetero) is 1. The summed E-state index contributed by atoms with van der Waals surface area (Å²) in [6.45, 7) is -0.0999. The van der Waals surface area contributed by atoms with Crippen molar-refractivity contribution in [3.63, 3.8) is 0 Å². The predicted molar refractivity (Wildman–Crippen MR) is 22.6 cm³/mol. The second-order valence-corrected chi connectivity index (χ2v) is 0.972. The maximum atomic E-state index is 10.1. The van der Waals surface area contributed by atoms with Crippen molar-refractivity contribution in [1.29, 1.82) is 0 Å². The molecule has 0 amide bonds. The highest BCUT2D eigenvalue weighted by Crippen LogP contribution is 1.65. The molecule has 6 heavy (non-hydrogen) atoms. The van der Waals surface area contributed by atoms with Gasteiger partial charge in [0.15, 0.2) is 5.78 Å². The van der Waals surface area contributed by atoms with Gasteiger partial charge < -0.3 is 4.74 Å². The fourth-order valence-corrected chi connectivity index (χ4v) is 0.161. The van der Waals surface area contributed by atoms with E-state index >= 15 is 0 Å². The molecule has 0 aromatic carbocycles. The zero-order valence-electron chi connectivity index (χ0n) is 4.73. The molecule has 0 aromatic heterocycles. The Labute approximate surface area is 38.5 Å². The number of rotatable bonds is 2. The van der Waals surface area contributed by atoms with Gasteiger partial charge in [0.25, 0.3) is 0 Å². The second-order valence-electron chi connectivity index (χ2n) is 0.972. The molecule has 0 fully saturated rings. The normalized spacial score (nSPS) is 10.5. The van der Waals surface area contributed by atoms with Gasteiger partial charge in [-0.3, -0.25) is 4.79 Å². The topological polar surface area (TPSA) is 26.3 Å². The molecular weight excluding hydrogens is 80.0 g/mol. The lowest BCUT2D eigenvalue weighted by Crippen LogP contribution is -1.98. The largest absolute Gasteiger partial charge is 0.377 e. The SMILES string of the molecule is [2H]CC(=O)COC. The predicted octanol–water partition coefficient (Wildman–Crippen LogP) is 0.222. The van der Waals surface area contributed by atoms with Crippen molar-refractivity contribution in [2.45, 2.75) is 6.90 Å². The molecular formula is C4H8O2. The number of ketones is 1. The zero-order valence-corrected chi connectivity index (χ0v) is 3.73. The molecule has 0 radical (unpaired) electrons. The Bertz CT molecular complexity index is 62.7. The Hall–Kier alpha value is -0.370. The summed E-state index contributed by atoms with van der Waals surface area (Å²) in [7, 11) is 1.44. The van der Waals surface area contributed by atoms with E-state index in [4.69, 9.17) is 1.37 Å². The summed E-state index contributed by atoms with van der Waals surface area (Å²) in [4.78, 5) is 10.1. The molecule has 36 valence electrons. The standard InChI is InChI=1S/C4H8O2/c1-4(5)3-6-2/h3H2,1-2H3/i1D. The quantitative estimate of drug-likeness (QED) is 0.483. The van der Waals surface area contributed by atoms with Gasteiger partial charge in [0.1, 0.15) is 6.61 Å². The Morgan fingerprint density at radius 1 is 2.17 bits per heavy atom. The van der Waals surface area contributed by atoms with Gasteiger partial charge in [0.2, 0.25) is 0 Å². The highest BCUT2D eigenvalue weighted by molar-refractivity contribution is 5.76. The van der Waals surface area contributed by atoms with Gasteiger partial charge in [-0.2, -0.15) is 0 Å². The molecule has 0 spiro atoms. The van der Waals surface area contributed by atoms with Gasteiger partial charge in [-0.25, -0.2) is 0 Å². The van der Waals surface area contributed by atoms with E-state index in [1.54, 1.807) is 0 Å². The van der Waals surface area contributed by atoms with Crippen LogP contribution in [0.2, 0.25) is 0 Å². The average molecular weight is 89.1 g/mol. The minimum Gasteiger partial charge on any atom is -0.377 e. The van der Waals surface area contributed by atoms with Crippen LogP contribution in [0, 0.1) is 0 Å². The first kappa shape index (κ1) is 3.81. The molecule has 0 bridgehead atoms. The fraction of sp³-hybridized carbons (Fsp3) is 0.750. The molecule has 0 aliphatic rings. The lowest BCUT2D eigenvalue weighted by Gasteiger charge is -1.84. The average Bonchev–Trinajstić information content (AvgIpc) is 1.68. The van der Waals surface area contributed by atoms with Crippen molar-refractivity contribution < 1.29 is 10.9 Å². The summed E-state index contributed by atoms with van der Waals surface area (Å²) < 4.78 is 10.9. The number of ether oxygens (including phenoxy) is 1. The third-order valence-electron chi connectivity index (χ3n) is 0.305. The van der Waals surface area contributed by atoms with Gasteiger partial charge in [-0.1, -0.05) is 0 Å². The number of hydrogen-bond acceptors (Lipinski definition) is 2. The van der Waals surface area contributed by atoms with E-state index in [1.165, 1.54) is 7.11 Å². The lowest BCUT2D eigenvalue weighted by atomic mass is 10.5. The highest BCUT2D eigenvalue weighted by Gasteiger charge is 1.83. The molecule has 2 nitrogen and oxygen atoms in total. The lowest BCUT2D eigenvalue weighted by molar-refractivity contribution is -0.120. The number of carbonyl (C=O) groups is 1. The molecule has 0 unspecified atom stereocenters. The molecule has 0 aromatic rings. The van der Waals surface area contributed by atoms with Crippen LogP contribution in [0.3, 0.4) is 0 Å². The highest BCUT2D eigenvalue weighted by atomic mass is 16.5. The number of carbonyl (C=O) groups excluding carboxylic acids is 1. The Morgan fingerprint density at radius 2 is 2.83 bits per heavy atom. The molecule has 0 atom stereocenters. The smallest absolute Gasteiger partial charge is 0.155 e. The third-order valence-corrected chi connectivity index (χ3v) is 0.305. The fourth-order valence-electron chi connectivity index (χ4n) is 0.161. The van der Waals surface area contributed by atoms with E-state index < -0.39 is 0 Å². The molecule has 0 saturated carbocycles. The molecule has 0 N–H and O–H groups in total. The first-order valence-electron chi connectivity index (χ1n) is 2.32. The van der Waals surface area contributed by atoms with Crippen LogP contribution >= 0.6 is 0 Å². The van der Waals surface area contributed by atoms with Gasteiger partial charge in [-0.05, 0) is 6.90 Å². The molecule has 0 rings (SSSR count). The van der Waals surface area contributed by atoms with Gasteiger partial charge in [-0.15, -0.1) is 0 Å². The minimum atomic E-state index is -0.178. The summed E-state index contributed by atoms with van der Waals surface area (Å²) in [5.41, 5.74) is 0. The van der Waals surface area contributed by atoms with Gasteiger partial charge in [0, 0.05) is 8.48 Å². The minimum absolute atomic E-state index is 0.0729. The van der Waals surface area contributed by atoms with E-state index in [2.05, 4.69) is 4.74 Å². The number of hydrogen-bond donors (Lipinski definition) is 0. The van der Waals surface area contributed by atoms with E-state index in [-0.39, 0.29) is 19.3 Å². The van der Waals surface area contributed by atoms with E-state index in [1.807, 2.05) is 0 Å². The van der Waals surface area contributed by atoms with Crippen LogP contribution < -0.4 is 0 Å². The summed E-state index contributed by atoms with van der Waals surface area (Å²) in [6, 6.07) is 0. The number of methoxy groups -OCH3 is 1. The molecule has 0 aliphatic heterocycles. The summed E-state index contributed by atoms with van der Waals surface area (Å²) >= 11 is 0. The Morgan fingerprint density at radius 3 is 3.00 bits per heavy atom. The van der Waals surface area contributed by atoms with Crippen LogP contribution in [0.1, 0.15) is 8.27 Å². The maximum absolute atomic E-state index is 10.1. The van der Waals surface area contributed by atoms with Crippen molar-refractivity contribution in [2.75, 3.05) is 13.7 Å². The van der Waals surface area contributed by atoms with Crippen LogP contribution in [-0.2, 0) is 9.53 Å². The Kier molecular flexibility index (Phi) is 1.81. The van der Waals surface area contributed by atoms with E-state index in [0.717, 1.165) is 0 Å². The van der Waals surface area contributed by atoms with Crippen molar-refractivity contribution in [3.05, 3.63) is 0 Å². The molecule has 0 heterocycles.